The molecular weight excluding hydrogens is 190 g/mol. The molecule has 0 heterocycles. The van der Waals surface area contributed by atoms with Gasteiger partial charge in [-0.15, -0.1) is 0 Å². The summed E-state index contributed by atoms with van der Waals surface area (Å²) in [6, 6.07) is 6.92. The fourth-order valence-electron chi connectivity index (χ4n) is 1.79. The quantitative estimate of drug-likeness (QED) is 0.547. The topological polar surface area (TPSA) is 43.1 Å². The van der Waals surface area contributed by atoms with Crippen molar-refractivity contribution in [3.05, 3.63) is 39.9 Å². The Morgan fingerprint density at radius 2 is 2.20 bits per heavy atom. The van der Waals surface area contributed by atoms with Crippen LogP contribution in [0.25, 0.3) is 0 Å². The van der Waals surface area contributed by atoms with Crippen LogP contribution in [-0.4, -0.2) is 4.92 Å². The average Bonchev–Trinajstić information content (AvgIpc) is 2.18. The largest absolute Gasteiger partial charge is 0.269 e. The molecule has 15 heavy (non-hydrogen) atoms. The molecule has 0 fully saturated rings. The maximum absolute atomic E-state index is 10.6. The highest BCUT2D eigenvalue weighted by Gasteiger charge is 2.08. The van der Waals surface area contributed by atoms with Crippen molar-refractivity contribution in [2.45, 2.75) is 33.1 Å². The Labute approximate surface area is 90.3 Å². The molecule has 0 radical (unpaired) electrons. The molecule has 0 saturated heterocycles. The average molecular weight is 207 g/mol. The summed E-state index contributed by atoms with van der Waals surface area (Å²) in [7, 11) is 0. The van der Waals surface area contributed by atoms with Crippen LogP contribution in [0.5, 0.6) is 0 Å². The van der Waals surface area contributed by atoms with Crippen molar-refractivity contribution < 1.29 is 4.92 Å². The molecule has 0 N–H and O–H groups in total. The van der Waals surface area contributed by atoms with Crippen LogP contribution in [0.1, 0.15) is 32.3 Å². The number of hydrogen-bond acceptors (Lipinski definition) is 2. The lowest BCUT2D eigenvalue weighted by Gasteiger charge is -2.09. The first-order valence-corrected chi connectivity index (χ1v) is 5.36. The van der Waals surface area contributed by atoms with Crippen molar-refractivity contribution in [3.63, 3.8) is 0 Å². The molecule has 0 spiro atoms. The van der Waals surface area contributed by atoms with Gasteiger partial charge < -0.3 is 0 Å². The Kier molecular flexibility index (Phi) is 4.28. The van der Waals surface area contributed by atoms with Crippen LogP contribution in [0.4, 0.5) is 5.69 Å². The molecular formula is C12H17NO2. The van der Waals surface area contributed by atoms with Crippen LogP contribution < -0.4 is 0 Å². The van der Waals surface area contributed by atoms with Crippen LogP contribution in [-0.2, 0) is 6.42 Å². The molecule has 0 aromatic heterocycles. The van der Waals surface area contributed by atoms with Gasteiger partial charge in [0.15, 0.2) is 0 Å². The molecule has 1 atom stereocenters. The first-order chi connectivity index (χ1) is 7.13. The lowest BCUT2D eigenvalue weighted by Crippen LogP contribution is -1.99. The van der Waals surface area contributed by atoms with Crippen molar-refractivity contribution in [1.29, 1.82) is 0 Å². The molecule has 1 aromatic carbocycles. The zero-order valence-electron chi connectivity index (χ0n) is 9.27. The fourth-order valence-corrected chi connectivity index (χ4v) is 1.79. The number of hydrogen-bond donors (Lipinski definition) is 0. The Morgan fingerprint density at radius 3 is 2.80 bits per heavy atom. The molecule has 0 aliphatic rings. The fraction of sp³-hybridized carbons (Fsp3) is 0.500. The number of nitro benzene ring substituents is 1. The highest BCUT2D eigenvalue weighted by Crippen LogP contribution is 2.18. The van der Waals surface area contributed by atoms with E-state index in [-0.39, 0.29) is 10.6 Å². The third kappa shape index (κ3) is 3.70. The Balaban J connectivity index is 2.69. The van der Waals surface area contributed by atoms with E-state index in [1.54, 1.807) is 12.1 Å². The minimum atomic E-state index is -0.339. The van der Waals surface area contributed by atoms with Gasteiger partial charge in [-0.2, -0.15) is 0 Å². The molecule has 1 unspecified atom stereocenters. The zero-order valence-corrected chi connectivity index (χ0v) is 9.27. The first-order valence-electron chi connectivity index (χ1n) is 5.36. The monoisotopic (exact) mass is 207 g/mol. The molecule has 3 nitrogen and oxygen atoms in total. The Bertz CT molecular complexity index is 336. The van der Waals surface area contributed by atoms with Crippen LogP contribution in [0, 0.1) is 16.0 Å². The predicted molar refractivity (Wildman–Crippen MR) is 60.9 cm³/mol. The molecule has 0 aliphatic heterocycles. The van der Waals surface area contributed by atoms with E-state index >= 15 is 0 Å². The minimum absolute atomic E-state index is 0.191. The van der Waals surface area contributed by atoms with Crippen LogP contribution in [0.2, 0.25) is 0 Å². The number of rotatable bonds is 5. The third-order valence-corrected chi connectivity index (χ3v) is 2.49. The molecule has 1 rings (SSSR count). The number of nitrogens with zero attached hydrogens (tertiary/aromatic N) is 1. The second-order valence-corrected chi connectivity index (χ2v) is 4.02. The van der Waals surface area contributed by atoms with Gasteiger partial charge >= 0.3 is 0 Å². The van der Waals surface area contributed by atoms with Crippen LogP contribution in [0.15, 0.2) is 24.3 Å². The smallest absolute Gasteiger partial charge is 0.258 e. The molecule has 82 valence electrons. The van der Waals surface area contributed by atoms with Gasteiger partial charge in [-0.1, -0.05) is 38.8 Å². The number of non-ortho nitro benzene ring substituents is 1. The van der Waals surface area contributed by atoms with Gasteiger partial charge in [-0.3, -0.25) is 10.1 Å². The third-order valence-electron chi connectivity index (χ3n) is 2.49. The summed E-state index contributed by atoms with van der Waals surface area (Å²) in [5, 5.41) is 10.6. The summed E-state index contributed by atoms with van der Waals surface area (Å²) < 4.78 is 0. The normalized spacial score (nSPS) is 12.4. The van der Waals surface area contributed by atoms with Crippen molar-refractivity contribution in [2.75, 3.05) is 0 Å². The zero-order chi connectivity index (χ0) is 11.3. The van der Waals surface area contributed by atoms with Gasteiger partial charge in [-0.05, 0) is 17.9 Å². The van der Waals surface area contributed by atoms with E-state index in [1.165, 1.54) is 12.5 Å². The van der Waals surface area contributed by atoms with E-state index in [2.05, 4.69) is 13.8 Å². The maximum atomic E-state index is 10.6. The predicted octanol–water partition coefficient (Wildman–Crippen LogP) is 3.57. The number of benzene rings is 1. The molecule has 0 saturated carbocycles. The molecule has 0 bridgehead atoms. The van der Waals surface area contributed by atoms with Gasteiger partial charge in [0.05, 0.1) is 4.92 Å². The van der Waals surface area contributed by atoms with E-state index in [0.717, 1.165) is 18.4 Å². The molecule has 0 aliphatic carbocycles. The van der Waals surface area contributed by atoms with Gasteiger partial charge in [-0.25, -0.2) is 0 Å². The minimum Gasteiger partial charge on any atom is -0.258 e. The maximum Gasteiger partial charge on any atom is 0.269 e. The highest BCUT2D eigenvalue weighted by molar-refractivity contribution is 5.34. The summed E-state index contributed by atoms with van der Waals surface area (Å²) in [4.78, 5) is 10.2. The van der Waals surface area contributed by atoms with Crippen LogP contribution >= 0.6 is 0 Å². The van der Waals surface area contributed by atoms with Crippen LogP contribution in [0.3, 0.4) is 0 Å². The van der Waals surface area contributed by atoms with Crippen molar-refractivity contribution >= 4 is 5.69 Å². The second kappa shape index (κ2) is 5.49. The van der Waals surface area contributed by atoms with Gasteiger partial charge in [0, 0.05) is 12.1 Å². The summed E-state index contributed by atoms with van der Waals surface area (Å²) >= 11 is 0. The van der Waals surface area contributed by atoms with E-state index < -0.39 is 0 Å². The molecule has 1 aromatic rings. The van der Waals surface area contributed by atoms with Crippen molar-refractivity contribution in [1.82, 2.24) is 0 Å². The van der Waals surface area contributed by atoms with E-state index in [0.29, 0.717) is 5.92 Å². The molecule has 0 amide bonds. The van der Waals surface area contributed by atoms with Gasteiger partial charge in [0.1, 0.15) is 0 Å². The summed E-state index contributed by atoms with van der Waals surface area (Å²) in [6.45, 7) is 4.34. The lowest BCUT2D eigenvalue weighted by atomic mass is 9.97. The standard InChI is InChI=1S/C12H17NO2/c1-3-5-10(2)8-11-6-4-7-12(9-11)13(14)15/h4,6-7,9-10H,3,5,8H2,1-2H3. The Hall–Kier alpha value is -1.38. The summed E-state index contributed by atoms with van der Waals surface area (Å²) in [5.41, 5.74) is 1.25. The van der Waals surface area contributed by atoms with Gasteiger partial charge in [0.25, 0.3) is 5.69 Å². The van der Waals surface area contributed by atoms with E-state index in [1.807, 2.05) is 6.07 Å². The highest BCUT2D eigenvalue weighted by atomic mass is 16.6. The number of nitro groups is 1. The second-order valence-electron chi connectivity index (χ2n) is 4.02. The molecule has 3 heteroatoms. The van der Waals surface area contributed by atoms with E-state index in [9.17, 15) is 10.1 Å². The first kappa shape index (κ1) is 11.7. The van der Waals surface area contributed by atoms with E-state index in [4.69, 9.17) is 0 Å². The Morgan fingerprint density at radius 1 is 1.47 bits per heavy atom. The van der Waals surface area contributed by atoms with Crippen molar-refractivity contribution in [3.8, 4) is 0 Å². The van der Waals surface area contributed by atoms with Gasteiger partial charge in [0.2, 0.25) is 0 Å². The summed E-state index contributed by atoms with van der Waals surface area (Å²) in [6.07, 6.45) is 3.26. The SMILES string of the molecule is CCCC(C)Cc1cccc([N+](=O)[O-])c1. The lowest BCUT2D eigenvalue weighted by molar-refractivity contribution is -0.384. The van der Waals surface area contributed by atoms with Crippen molar-refractivity contribution in [2.24, 2.45) is 5.92 Å². The summed E-state index contributed by atoms with van der Waals surface area (Å²) in [5.74, 6) is 0.594.